The lowest BCUT2D eigenvalue weighted by atomic mass is 10.1. The highest BCUT2D eigenvalue weighted by Crippen LogP contribution is 2.32. The molecule has 1 amide bonds. The molecule has 0 aromatic carbocycles. The highest BCUT2D eigenvalue weighted by molar-refractivity contribution is 5.82. The number of nitrogens with zero attached hydrogens (tertiary/aromatic N) is 5. The molecule has 0 spiro atoms. The van der Waals surface area contributed by atoms with Crippen molar-refractivity contribution in [2.75, 3.05) is 32.2 Å². The zero-order valence-electron chi connectivity index (χ0n) is 15.2. The molecule has 28 heavy (non-hydrogen) atoms. The van der Waals surface area contributed by atoms with Crippen molar-refractivity contribution in [3.05, 3.63) is 12.7 Å². The second-order valence-electron chi connectivity index (χ2n) is 6.74. The number of ether oxygens (including phenoxy) is 2. The molecule has 0 bridgehead atoms. The summed E-state index contributed by atoms with van der Waals surface area (Å²) in [6.07, 6.45) is 0.0918. The van der Waals surface area contributed by atoms with Crippen LogP contribution >= 0.6 is 0 Å². The van der Waals surface area contributed by atoms with Gasteiger partial charge in [0, 0.05) is 13.7 Å². The van der Waals surface area contributed by atoms with Crippen molar-refractivity contribution in [1.82, 2.24) is 24.6 Å². The summed E-state index contributed by atoms with van der Waals surface area (Å²) in [7, 11) is 1.42. The fraction of sp³-hybridized carbons (Fsp3) is 0.625. The highest BCUT2D eigenvalue weighted by atomic mass is 16.7. The van der Waals surface area contributed by atoms with Crippen LogP contribution in [0.4, 0.5) is 5.82 Å². The molecule has 2 aromatic heterocycles. The van der Waals surface area contributed by atoms with E-state index in [1.165, 1.54) is 19.7 Å². The maximum absolute atomic E-state index is 10.6. The Bertz CT molecular complexity index is 827. The van der Waals surface area contributed by atoms with Gasteiger partial charge >= 0.3 is 0 Å². The molecule has 5 unspecified atom stereocenters. The van der Waals surface area contributed by atoms with E-state index in [4.69, 9.17) is 14.3 Å². The van der Waals surface area contributed by atoms with E-state index in [1.807, 2.05) is 0 Å². The summed E-state index contributed by atoms with van der Waals surface area (Å²) >= 11 is 0. The van der Waals surface area contributed by atoms with E-state index in [-0.39, 0.29) is 12.6 Å². The molecule has 2 saturated heterocycles. The average molecular weight is 394 g/mol. The predicted molar refractivity (Wildman–Crippen MR) is 93.9 cm³/mol. The number of aliphatic hydroxyl groups is 2. The SMILES string of the molecule is CN(C=O)OCC1OC(n2cnc3c(NC4CCOC4)ncnc32)C(O)C1O. The van der Waals surface area contributed by atoms with Crippen LogP contribution in [0.2, 0.25) is 0 Å². The van der Waals surface area contributed by atoms with Crippen LogP contribution in [0.3, 0.4) is 0 Å². The minimum Gasteiger partial charge on any atom is -0.387 e. The number of anilines is 1. The summed E-state index contributed by atoms with van der Waals surface area (Å²) < 4.78 is 12.7. The first-order valence-corrected chi connectivity index (χ1v) is 8.93. The van der Waals surface area contributed by atoms with Crippen molar-refractivity contribution in [3.63, 3.8) is 0 Å². The molecule has 5 atom stereocenters. The number of imidazole rings is 1. The summed E-state index contributed by atoms with van der Waals surface area (Å²) in [5.41, 5.74) is 0.985. The molecular formula is C16H22N6O6. The van der Waals surface area contributed by atoms with Crippen LogP contribution in [-0.4, -0.2) is 92.4 Å². The van der Waals surface area contributed by atoms with Gasteiger partial charge in [0.05, 0.1) is 19.0 Å². The first-order valence-electron chi connectivity index (χ1n) is 8.93. The Morgan fingerprint density at radius 3 is 3.00 bits per heavy atom. The summed E-state index contributed by atoms with van der Waals surface area (Å²) in [6, 6.07) is 0.148. The van der Waals surface area contributed by atoms with Gasteiger partial charge in [-0.2, -0.15) is 0 Å². The fourth-order valence-corrected chi connectivity index (χ4v) is 3.30. The van der Waals surface area contributed by atoms with E-state index in [0.717, 1.165) is 11.5 Å². The molecule has 0 aliphatic carbocycles. The number of aromatic nitrogens is 4. The van der Waals surface area contributed by atoms with Gasteiger partial charge in [-0.3, -0.25) is 14.2 Å². The van der Waals surface area contributed by atoms with E-state index < -0.39 is 24.5 Å². The average Bonchev–Trinajstić information content (AvgIpc) is 3.42. The molecule has 2 aliphatic heterocycles. The lowest BCUT2D eigenvalue weighted by Gasteiger charge is -2.17. The van der Waals surface area contributed by atoms with Gasteiger partial charge in [0.2, 0.25) is 6.41 Å². The molecule has 0 saturated carbocycles. The number of aliphatic hydroxyl groups excluding tert-OH is 2. The maximum Gasteiger partial charge on any atom is 0.233 e. The summed E-state index contributed by atoms with van der Waals surface area (Å²) in [5, 5.41) is 25.0. The van der Waals surface area contributed by atoms with Crippen molar-refractivity contribution in [2.45, 2.75) is 37.0 Å². The Kier molecular flexibility index (Phi) is 5.37. The topological polar surface area (TPSA) is 144 Å². The van der Waals surface area contributed by atoms with E-state index in [0.29, 0.717) is 36.6 Å². The number of nitrogens with one attached hydrogen (secondary N) is 1. The van der Waals surface area contributed by atoms with Gasteiger partial charge in [-0.25, -0.2) is 20.0 Å². The second kappa shape index (κ2) is 7.93. The third kappa shape index (κ3) is 3.52. The van der Waals surface area contributed by atoms with Crippen molar-refractivity contribution in [2.24, 2.45) is 0 Å². The highest BCUT2D eigenvalue weighted by Gasteiger charge is 2.44. The number of carbonyl (C=O) groups excluding carboxylic acids is 1. The zero-order valence-corrected chi connectivity index (χ0v) is 15.2. The molecule has 12 heteroatoms. The van der Waals surface area contributed by atoms with E-state index in [9.17, 15) is 15.0 Å². The number of rotatable bonds is 7. The van der Waals surface area contributed by atoms with Crippen LogP contribution in [-0.2, 0) is 19.1 Å². The standard InChI is InChI=1S/C16H22N6O6/c1-21(8-23)27-5-10-12(24)13(25)16(28-10)22-7-19-11-14(17-6-18-15(11)22)20-9-2-3-26-4-9/h6-10,12-13,16,24-25H,2-5H2,1H3,(H,17,18,20). The first kappa shape index (κ1) is 19.0. The van der Waals surface area contributed by atoms with E-state index >= 15 is 0 Å². The van der Waals surface area contributed by atoms with Gasteiger partial charge in [-0.1, -0.05) is 0 Å². The van der Waals surface area contributed by atoms with Crippen LogP contribution in [0, 0.1) is 0 Å². The number of hydroxylamine groups is 2. The quantitative estimate of drug-likeness (QED) is 0.381. The Hall–Kier alpha value is -2.38. The lowest BCUT2D eigenvalue weighted by molar-refractivity contribution is -0.181. The molecule has 3 N–H and O–H groups in total. The smallest absolute Gasteiger partial charge is 0.233 e. The predicted octanol–water partition coefficient (Wildman–Crippen LogP) is -1.33. The van der Waals surface area contributed by atoms with Crippen LogP contribution in [0.25, 0.3) is 11.2 Å². The van der Waals surface area contributed by atoms with Crippen LogP contribution in [0.5, 0.6) is 0 Å². The fourth-order valence-electron chi connectivity index (χ4n) is 3.30. The largest absolute Gasteiger partial charge is 0.387 e. The summed E-state index contributed by atoms with van der Waals surface area (Å²) in [5.74, 6) is 0.569. The normalized spacial score (nSPS) is 30.0. The van der Waals surface area contributed by atoms with E-state index in [1.54, 1.807) is 4.57 Å². The van der Waals surface area contributed by atoms with Crippen molar-refractivity contribution in [1.29, 1.82) is 0 Å². The number of fused-ring (bicyclic) bond motifs is 1. The Morgan fingerprint density at radius 2 is 2.25 bits per heavy atom. The van der Waals surface area contributed by atoms with Crippen molar-refractivity contribution >= 4 is 23.4 Å². The molecule has 2 aliphatic rings. The van der Waals surface area contributed by atoms with Gasteiger partial charge in [0.25, 0.3) is 0 Å². The van der Waals surface area contributed by atoms with Gasteiger partial charge in [-0.15, -0.1) is 0 Å². The molecule has 12 nitrogen and oxygen atoms in total. The van der Waals surface area contributed by atoms with E-state index in [2.05, 4.69) is 20.3 Å². The lowest BCUT2D eigenvalue weighted by Crippen LogP contribution is -2.35. The van der Waals surface area contributed by atoms with Gasteiger partial charge in [0.15, 0.2) is 23.2 Å². The van der Waals surface area contributed by atoms with Crippen LogP contribution in [0.1, 0.15) is 12.6 Å². The van der Waals surface area contributed by atoms with Crippen molar-refractivity contribution in [3.8, 4) is 0 Å². The minimum atomic E-state index is -1.22. The first-order chi connectivity index (χ1) is 13.6. The number of carbonyl (C=O) groups is 1. The third-order valence-corrected chi connectivity index (χ3v) is 4.83. The Morgan fingerprint density at radius 1 is 1.39 bits per heavy atom. The van der Waals surface area contributed by atoms with Crippen molar-refractivity contribution < 1.29 is 29.3 Å². The summed E-state index contributed by atoms with van der Waals surface area (Å²) in [4.78, 5) is 28.6. The van der Waals surface area contributed by atoms with Crippen LogP contribution in [0.15, 0.2) is 12.7 Å². The van der Waals surface area contributed by atoms with Gasteiger partial charge in [0.1, 0.15) is 31.2 Å². The third-order valence-electron chi connectivity index (χ3n) is 4.83. The monoisotopic (exact) mass is 394 g/mol. The molecule has 2 fully saturated rings. The molecule has 4 rings (SSSR count). The minimum absolute atomic E-state index is 0.0972. The molecule has 2 aromatic rings. The number of hydrogen-bond acceptors (Lipinski definition) is 10. The molecule has 0 radical (unpaired) electrons. The zero-order chi connectivity index (χ0) is 19.7. The van der Waals surface area contributed by atoms with Gasteiger partial charge in [-0.05, 0) is 6.42 Å². The molecular weight excluding hydrogens is 372 g/mol. The molecule has 152 valence electrons. The van der Waals surface area contributed by atoms with Crippen LogP contribution < -0.4 is 5.32 Å². The Labute approximate surface area is 160 Å². The Balaban J connectivity index is 1.54. The van der Waals surface area contributed by atoms with Gasteiger partial charge < -0.3 is 25.0 Å². The number of amides is 1. The summed E-state index contributed by atoms with van der Waals surface area (Å²) in [6.45, 7) is 1.20. The number of hydrogen-bond donors (Lipinski definition) is 3. The maximum atomic E-state index is 10.6. The molecule has 4 heterocycles. The second-order valence-corrected chi connectivity index (χ2v) is 6.74.